The summed E-state index contributed by atoms with van der Waals surface area (Å²) >= 11 is 0. The predicted octanol–water partition coefficient (Wildman–Crippen LogP) is 2.30. The van der Waals surface area contributed by atoms with Gasteiger partial charge in [0.15, 0.2) is 37.9 Å². The first-order valence-corrected chi connectivity index (χ1v) is 6.04. The summed E-state index contributed by atoms with van der Waals surface area (Å²) in [6, 6.07) is 8.49. The number of pyridine rings is 2. The van der Waals surface area contributed by atoms with Crippen molar-refractivity contribution in [2.75, 3.05) is 0 Å². The maximum Gasteiger partial charge on any atom is 0.169 e. The molecule has 0 aliphatic heterocycles. The molecule has 90 valence electrons. The monoisotopic (exact) mass is 238 g/mol. The molecule has 0 bridgehead atoms. The Morgan fingerprint density at radius 2 is 1.06 bits per heavy atom. The normalized spacial score (nSPS) is 10.0. The van der Waals surface area contributed by atoms with E-state index >= 15 is 0 Å². The molecule has 18 heavy (non-hydrogen) atoms. The topological polar surface area (TPSA) is 7.76 Å². The molecule has 2 heteroatoms. The molecule has 0 aliphatic rings. The molecule has 0 radical (unpaired) electrons. The van der Waals surface area contributed by atoms with E-state index in [1.165, 1.54) is 11.1 Å². The average molecular weight is 238 g/mol. The van der Waals surface area contributed by atoms with Gasteiger partial charge in [-0.1, -0.05) is 13.2 Å². The van der Waals surface area contributed by atoms with Crippen molar-refractivity contribution >= 4 is 0 Å². The quantitative estimate of drug-likeness (QED) is 0.558. The van der Waals surface area contributed by atoms with Gasteiger partial charge in [0.2, 0.25) is 0 Å². The third kappa shape index (κ3) is 2.92. The van der Waals surface area contributed by atoms with Crippen molar-refractivity contribution in [2.45, 2.75) is 13.1 Å². The van der Waals surface area contributed by atoms with Crippen LogP contribution in [-0.2, 0) is 13.1 Å². The van der Waals surface area contributed by atoms with Gasteiger partial charge in [-0.3, -0.25) is 0 Å². The van der Waals surface area contributed by atoms with Crippen molar-refractivity contribution in [1.29, 1.82) is 0 Å². The van der Waals surface area contributed by atoms with Gasteiger partial charge in [0.1, 0.15) is 0 Å². The van der Waals surface area contributed by atoms with Gasteiger partial charge < -0.3 is 0 Å². The van der Waals surface area contributed by atoms with Gasteiger partial charge in [0.25, 0.3) is 0 Å². The molecule has 0 fully saturated rings. The van der Waals surface area contributed by atoms with Crippen LogP contribution in [0.2, 0.25) is 0 Å². The first-order valence-electron chi connectivity index (χ1n) is 6.04. The van der Waals surface area contributed by atoms with E-state index in [0.29, 0.717) is 0 Å². The second-order valence-corrected chi connectivity index (χ2v) is 4.14. The van der Waals surface area contributed by atoms with Crippen LogP contribution in [0.1, 0.15) is 0 Å². The summed E-state index contributed by atoms with van der Waals surface area (Å²) in [4.78, 5) is 0. The number of nitrogens with zero attached hydrogens (tertiary/aromatic N) is 2. The van der Waals surface area contributed by atoms with Crippen LogP contribution in [-0.4, -0.2) is 0 Å². The molecule has 0 atom stereocenters. The summed E-state index contributed by atoms with van der Waals surface area (Å²) in [7, 11) is 0. The molecule has 0 spiro atoms. The van der Waals surface area contributed by atoms with Crippen molar-refractivity contribution in [3.8, 4) is 11.1 Å². The number of hydrogen-bond donors (Lipinski definition) is 0. The Labute approximate surface area is 108 Å². The number of rotatable bonds is 5. The van der Waals surface area contributed by atoms with Gasteiger partial charge in [-0.15, -0.1) is 0 Å². The second-order valence-electron chi connectivity index (χ2n) is 4.14. The lowest BCUT2D eigenvalue weighted by Crippen LogP contribution is -2.31. The van der Waals surface area contributed by atoms with Crippen molar-refractivity contribution < 1.29 is 9.13 Å². The highest BCUT2D eigenvalue weighted by Gasteiger charge is 2.03. The highest BCUT2D eigenvalue weighted by Crippen LogP contribution is 2.15. The third-order valence-corrected chi connectivity index (χ3v) is 2.80. The number of aromatic nitrogens is 2. The van der Waals surface area contributed by atoms with E-state index in [0.717, 1.165) is 13.1 Å². The molecule has 0 aromatic carbocycles. The van der Waals surface area contributed by atoms with Crippen molar-refractivity contribution in [3.05, 3.63) is 74.4 Å². The Hall–Kier alpha value is -2.22. The highest BCUT2D eigenvalue weighted by atomic mass is 14.9. The largest absolute Gasteiger partial charge is 0.201 e. The fourth-order valence-electron chi connectivity index (χ4n) is 1.84. The maximum atomic E-state index is 3.73. The summed E-state index contributed by atoms with van der Waals surface area (Å²) in [5, 5.41) is 0. The number of allylic oxidation sites excluding steroid dienone is 2. The Kier molecular flexibility index (Phi) is 4.02. The lowest BCUT2D eigenvalue weighted by Gasteiger charge is -1.99. The Bertz CT molecular complexity index is 473. The van der Waals surface area contributed by atoms with Crippen LogP contribution >= 0.6 is 0 Å². The Morgan fingerprint density at radius 1 is 0.722 bits per heavy atom. The van der Waals surface area contributed by atoms with E-state index in [4.69, 9.17) is 0 Å². The molecule has 0 amide bonds. The molecule has 2 aromatic rings. The van der Waals surface area contributed by atoms with E-state index < -0.39 is 0 Å². The summed E-state index contributed by atoms with van der Waals surface area (Å²) in [6.45, 7) is 9.15. The zero-order valence-electron chi connectivity index (χ0n) is 10.5. The van der Waals surface area contributed by atoms with Gasteiger partial charge >= 0.3 is 0 Å². The van der Waals surface area contributed by atoms with E-state index in [-0.39, 0.29) is 0 Å². The minimum absolute atomic E-state index is 0.842. The van der Waals surface area contributed by atoms with Crippen LogP contribution in [0.15, 0.2) is 74.4 Å². The smallest absolute Gasteiger partial charge is 0.169 e. The van der Waals surface area contributed by atoms with Gasteiger partial charge in [-0.05, 0) is 23.3 Å². The zero-order valence-corrected chi connectivity index (χ0v) is 10.5. The van der Waals surface area contributed by atoms with Crippen LogP contribution in [0.4, 0.5) is 0 Å². The van der Waals surface area contributed by atoms with Gasteiger partial charge in [-0.25, -0.2) is 9.13 Å². The summed E-state index contributed by atoms with van der Waals surface area (Å²) in [5.74, 6) is 0. The second kappa shape index (κ2) is 5.92. The van der Waals surface area contributed by atoms with Crippen LogP contribution < -0.4 is 9.13 Å². The van der Waals surface area contributed by atoms with Crippen LogP contribution in [0.3, 0.4) is 0 Å². The molecule has 0 saturated carbocycles. The first kappa shape index (κ1) is 12.2. The fourth-order valence-corrected chi connectivity index (χ4v) is 1.84. The van der Waals surface area contributed by atoms with Crippen molar-refractivity contribution in [3.63, 3.8) is 0 Å². The third-order valence-electron chi connectivity index (χ3n) is 2.80. The Balaban J connectivity index is 2.19. The Morgan fingerprint density at radius 3 is 1.33 bits per heavy atom. The van der Waals surface area contributed by atoms with E-state index in [1.807, 2.05) is 12.2 Å². The SMILES string of the molecule is C=CC[n+]1ccc(-c2cc[n+](CC=C)cc2)cc1. The molecule has 0 unspecified atom stereocenters. The maximum absolute atomic E-state index is 3.73. The molecule has 0 saturated heterocycles. The van der Waals surface area contributed by atoms with E-state index in [1.54, 1.807) is 0 Å². The average Bonchev–Trinajstić information content (AvgIpc) is 2.41. The van der Waals surface area contributed by atoms with Gasteiger partial charge in [0, 0.05) is 24.3 Å². The molecular weight excluding hydrogens is 220 g/mol. The summed E-state index contributed by atoms with van der Waals surface area (Å²) in [6.07, 6.45) is 12.1. The number of hydrogen-bond acceptors (Lipinski definition) is 0. The lowest BCUT2D eigenvalue weighted by molar-refractivity contribution is -0.687. The molecule has 2 rings (SSSR count). The molecule has 2 nitrogen and oxygen atoms in total. The highest BCUT2D eigenvalue weighted by molar-refractivity contribution is 5.60. The molecule has 2 heterocycles. The summed E-state index contributed by atoms with van der Waals surface area (Å²) in [5.41, 5.74) is 2.45. The van der Waals surface area contributed by atoms with Crippen LogP contribution in [0.25, 0.3) is 11.1 Å². The van der Waals surface area contributed by atoms with Gasteiger partial charge in [-0.2, -0.15) is 0 Å². The van der Waals surface area contributed by atoms with Crippen LogP contribution in [0.5, 0.6) is 0 Å². The summed E-state index contributed by atoms with van der Waals surface area (Å²) < 4.78 is 4.19. The molecular formula is C16H18N2+2. The van der Waals surface area contributed by atoms with Crippen molar-refractivity contribution in [2.24, 2.45) is 0 Å². The molecule has 2 aromatic heterocycles. The fraction of sp³-hybridized carbons (Fsp3) is 0.125. The van der Waals surface area contributed by atoms with Crippen molar-refractivity contribution in [1.82, 2.24) is 0 Å². The van der Waals surface area contributed by atoms with E-state index in [9.17, 15) is 0 Å². The molecule has 0 N–H and O–H groups in total. The van der Waals surface area contributed by atoms with Gasteiger partial charge in [0.05, 0.1) is 0 Å². The molecule has 0 aliphatic carbocycles. The minimum Gasteiger partial charge on any atom is -0.201 e. The predicted molar refractivity (Wildman–Crippen MR) is 72.7 cm³/mol. The first-order chi connectivity index (χ1) is 8.83. The minimum atomic E-state index is 0.842. The van der Waals surface area contributed by atoms with E-state index in [2.05, 4.69) is 71.3 Å². The lowest BCUT2D eigenvalue weighted by atomic mass is 10.1. The zero-order chi connectivity index (χ0) is 12.8. The van der Waals surface area contributed by atoms with Crippen LogP contribution in [0, 0.1) is 0 Å². The standard InChI is InChI=1S/C16H18N2/c1-3-9-17-11-5-15(6-12-17)16-7-13-18(10-4-2)14-8-16/h3-8,11-14H,1-2,9-10H2/q+2.